The van der Waals surface area contributed by atoms with Crippen LogP contribution in [-0.4, -0.2) is 27.3 Å². The first-order valence-electron chi connectivity index (χ1n) is 6.82. The van der Waals surface area contributed by atoms with Gasteiger partial charge in [0, 0.05) is 5.56 Å². The zero-order chi connectivity index (χ0) is 16.6. The van der Waals surface area contributed by atoms with Gasteiger partial charge in [0.1, 0.15) is 11.3 Å². The number of fused-ring (bicyclic) bond motifs is 1. The van der Waals surface area contributed by atoms with Gasteiger partial charge in [-0.3, -0.25) is 0 Å². The quantitative estimate of drug-likeness (QED) is 0.687. The summed E-state index contributed by atoms with van der Waals surface area (Å²) in [4.78, 5) is 23.1. The standard InChI is InChI=1S/C18H12O5/c19-16-13(10-6-2-1-3-7-10)11-8-4-5-9-12(11)14(17(20)21)15(16)18(22)23/h1-9,19H,(H,20,21)(H,22,23). The number of hydrogen-bond donors (Lipinski definition) is 3. The first-order valence-corrected chi connectivity index (χ1v) is 6.82. The first kappa shape index (κ1) is 14.6. The topological polar surface area (TPSA) is 94.8 Å². The maximum absolute atomic E-state index is 11.6. The Hall–Kier alpha value is -3.34. The van der Waals surface area contributed by atoms with Crippen molar-refractivity contribution in [2.75, 3.05) is 0 Å². The second-order valence-corrected chi connectivity index (χ2v) is 5.00. The monoisotopic (exact) mass is 308 g/mol. The molecule has 3 N–H and O–H groups in total. The normalized spacial score (nSPS) is 10.6. The summed E-state index contributed by atoms with van der Waals surface area (Å²) < 4.78 is 0. The molecule has 0 aliphatic carbocycles. The van der Waals surface area contributed by atoms with E-state index in [9.17, 15) is 24.9 Å². The number of rotatable bonds is 3. The number of aromatic carboxylic acids is 2. The molecule has 0 fully saturated rings. The minimum Gasteiger partial charge on any atom is -0.506 e. The van der Waals surface area contributed by atoms with E-state index < -0.39 is 28.8 Å². The maximum atomic E-state index is 11.6. The van der Waals surface area contributed by atoms with Crippen LogP contribution in [-0.2, 0) is 0 Å². The van der Waals surface area contributed by atoms with Crippen molar-refractivity contribution in [2.24, 2.45) is 0 Å². The van der Waals surface area contributed by atoms with E-state index >= 15 is 0 Å². The molecule has 23 heavy (non-hydrogen) atoms. The van der Waals surface area contributed by atoms with Gasteiger partial charge in [0.15, 0.2) is 0 Å². The molecule has 0 saturated carbocycles. The third-order valence-corrected chi connectivity index (χ3v) is 3.68. The van der Waals surface area contributed by atoms with Gasteiger partial charge in [-0.2, -0.15) is 0 Å². The van der Waals surface area contributed by atoms with E-state index in [1.165, 1.54) is 6.07 Å². The summed E-state index contributed by atoms with van der Waals surface area (Å²) in [6, 6.07) is 15.3. The van der Waals surface area contributed by atoms with Crippen LogP contribution >= 0.6 is 0 Å². The Labute approximate surface area is 131 Å². The predicted octanol–water partition coefficient (Wildman–Crippen LogP) is 3.61. The molecule has 0 amide bonds. The van der Waals surface area contributed by atoms with Crippen molar-refractivity contribution in [3.8, 4) is 16.9 Å². The molecule has 3 aromatic carbocycles. The Morgan fingerprint density at radius 1 is 0.696 bits per heavy atom. The van der Waals surface area contributed by atoms with Gasteiger partial charge in [0.2, 0.25) is 0 Å². The van der Waals surface area contributed by atoms with Gasteiger partial charge in [0.25, 0.3) is 0 Å². The highest BCUT2D eigenvalue weighted by molar-refractivity contribution is 6.18. The molecule has 0 bridgehead atoms. The van der Waals surface area contributed by atoms with Crippen molar-refractivity contribution >= 4 is 22.7 Å². The smallest absolute Gasteiger partial charge is 0.340 e. The van der Waals surface area contributed by atoms with Crippen LogP contribution in [0.2, 0.25) is 0 Å². The summed E-state index contributed by atoms with van der Waals surface area (Å²) in [6.45, 7) is 0. The highest BCUT2D eigenvalue weighted by atomic mass is 16.4. The highest BCUT2D eigenvalue weighted by Crippen LogP contribution is 2.41. The average Bonchev–Trinajstić information content (AvgIpc) is 2.54. The molecular weight excluding hydrogens is 296 g/mol. The van der Waals surface area contributed by atoms with Crippen molar-refractivity contribution in [1.29, 1.82) is 0 Å². The van der Waals surface area contributed by atoms with Crippen LogP contribution in [0.5, 0.6) is 5.75 Å². The first-order chi connectivity index (χ1) is 11.0. The molecular formula is C18H12O5. The highest BCUT2D eigenvalue weighted by Gasteiger charge is 2.27. The molecule has 0 unspecified atom stereocenters. The predicted molar refractivity (Wildman–Crippen MR) is 85.0 cm³/mol. The van der Waals surface area contributed by atoms with Gasteiger partial charge < -0.3 is 15.3 Å². The van der Waals surface area contributed by atoms with Crippen LogP contribution in [0.4, 0.5) is 0 Å². The Morgan fingerprint density at radius 3 is 1.78 bits per heavy atom. The Bertz CT molecular complexity index is 929. The fourth-order valence-electron chi connectivity index (χ4n) is 2.75. The third kappa shape index (κ3) is 2.28. The molecule has 0 radical (unpaired) electrons. The van der Waals surface area contributed by atoms with Gasteiger partial charge in [-0.05, 0) is 16.3 Å². The number of carbonyl (C=O) groups is 2. The fraction of sp³-hybridized carbons (Fsp3) is 0. The number of carboxylic acids is 2. The molecule has 0 aromatic heterocycles. The zero-order valence-electron chi connectivity index (χ0n) is 11.9. The van der Waals surface area contributed by atoms with Crippen molar-refractivity contribution < 1.29 is 24.9 Å². The SMILES string of the molecule is O=C(O)c1c(O)c(-c2ccccc2)c2ccccc2c1C(=O)O. The summed E-state index contributed by atoms with van der Waals surface area (Å²) in [5.74, 6) is -3.42. The van der Waals surface area contributed by atoms with Crippen molar-refractivity contribution in [2.45, 2.75) is 0 Å². The Kier molecular flexibility index (Phi) is 3.46. The molecule has 114 valence electrons. The summed E-state index contributed by atoms with van der Waals surface area (Å²) in [7, 11) is 0. The van der Waals surface area contributed by atoms with E-state index in [-0.39, 0.29) is 5.39 Å². The summed E-state index contributed by atoms with van der Waals surface area (Å²) in [5, 5.41) is 30.1. The van der Waals surface area contributed by atoms with Crippen molar-refractivity contribution in [3.05, 3.63) is 65.7 Å². The van der Waals surface area contributed by atoms with Crippen LogP contribution in [0.25, 0.3) is 21.9 Å². The number of benzene rings is 3. The van der Waals surface area contributed by atoms with Crippen LogP contribution in [0.3, 0.4) is 0 Å². The zero-order valence-corrected chi connectivity index (χ0v) is 11.9. The summed E-state index contributed by atoms with van der Waals surface area (Å²) in [5.41, 5.74) is -0.0930. The van der Waals surface area contributed by atoms with Gasteiger partial charge in [-0.1, -0.05) is 54.6 Å². The van der Waals surface area contributed by atoms with Crippen LogP contribution in [0, 0.1) is 0 Å². The van der Waals surface area contributed by atoms with Crippen LogP contribution < -0.4 is 0 Å². The molecule has 3 rings (SSSR count). The lowest BCUT2D eigenvalue weighted by Crippen LogP contribution is -2.10. The second-order valence-electron chi connectivity index (χ2n) is 5.00. The fourth-order valence-corrected chi connectivity index (χ4v) is 2.75. The molecule has 0 heterocycles. The van der Waals surface area contributed by atoms with E-state index in [1.807, 2.05) is 0 Å². The minimum atomic E-state index is -1.48. The van der Waals surface area contributed by atoms with Crippen molar-refractivity contribution in [1.82, 2.24) is 0 Å². The molecule has 0 aliphatic heterocycles. The molecule has 3 aromatic rings. The molecule has 0 atom stereocenters. The van der Waals surface area contributed by atoms with Crippen molar-refractivity contribution in [3.63, 3.8) is 0 Å². The lowest BCUT2D eigenvalue weighted by molar-refractivity contribution is 0.0650. The molecule has 0 spiro atoms. The Balaban J connectivity index is 2.56. The van der Waals surface area contributed by atoms with E-state index in [4.69, 9.17) is 0 Å². The molecule has 5 nitrogen and oxygen atoms in total. The van der Waals surface area contributed by atoms with Gasteiger partial charge in [0.05, 0.1) is 5.56 Å². The summed E-state index contributed by atoms with van der Waals surface area (Å²) in [6.07, 6.45) is 0. The van der Waals surface area contributed by atoms with E-state index in [2.05, 4.69) is 0 Å². The number of phenols is 1. The largest absolute Gasteiger partial charge is 0.506 e. The van der Waals surface area contributed by atoms with Crippen LogP contribution in [0.15, 0.2) is 54.6 Å². The lowest BCUT2D eigenvalue weighted by Gasteiger charge is -2.15. The summed E-state index contributed by atoms with van der Waals surface area (Å²) >= 11 is 0. The van der Waals surface area contributed by atoms with E-state index in [1.54, 1.807) is 48.5 Å². The number of aromatic hydroxyl groups is 1. The van der Waals surface area contributed by atoms with E-state index in [0.717, 1.165) is 0 Å². The lowest BCUT2D eigenvalue weighted by atomic mass is 9.90. The van der Waals surface area contributed by atoms with Crippen LogP contribution in [0.1, 0.15) is 20.7 Å². The molecule has 0 saturated heterocycles. The Morgan fingerprint density at radius 2 is 1.22 bits per heavy atom. The van der Waals surface area contributed by atoms with Gasteiger partial charge in [-0.25, -0.2) is 9.59 Å². The molecule has 5 heteroatoms. The third-order valence-electron chi connectivity index (χ3n) is 3.68. The minimum absolute atomic E-state index is 0.272. The number of carboxylic acid groups (broad SMARTS) is 2. The molecule has 0 aliphatic rings. The maximum Gasteiger partial charge on any atom is 0.340 e. The van der Waals surface area contributed by atoms with Gasteiger partial charge >= 0.3 is 11.9 Å². The van der Waals surface area contributed by atoms with E-state index in [0.29, 0.717) is 16.5 Å². The number of hydrogen-bond acceptors (Lipinski definition) is 3. The second kappa shape index (κ2) is 5.46. The van der Waals surface area contributed by atoms with Gasteiger partial charge in [-0.15, -0.1) is 0 Å². The average molecular weight is 308 g/mol.